The van der Waals surface area contributed by atoms with Crippen molar-refractivity contribution in [3.63, 3.8) is 0 Å². The van der Waals surface area contributed by atoms with Crippen LogP contribution in [0.3, 0.4) is 0 Å². The first-order valence-electron chi connectivity index (χ1n) is 4.51. The molecule has 3 heteroatoms. The molecule has 0 aromatic heterocycles. The fourth-order valence-electron chi connectivity index (χ4n) is 1.18. The minimum Gasteiger partial charge on any atom is -0.349 e. The molecule has 0 heterocycles. The average molecular weight is 194 g/mol. The first-order chi connectivity index (χ1) is 6.65. The van der Waals surface area contributed by atoms with E-state index in [9.17, 15) is 4.39 Å². The van der Waals surface area contributed by atoms with Crippen molar-refractivity contribution in [1.29, 1.82) is 0 Å². The van der Waals surface area contributed by atoms with Crippen molar-refractivity contribution in [3.8, 4) is 0 Å². The number of nitrogens with two attached hydrogens (primary N) is 1. The molecular formula is C11H15FN2. The van der Waals surface area contributed by atoms with Crippen molar-refractivity contribution >= 4 is 5.69 Å². The van der Waals surface area contributed by atoms with Crippen molar-refractivity contribution in [2.45, 2.75) is 6.92 Å². The molecule has 1 aromatic rings. The fraction of sp³-hybridized carbons (Fsp3) is 0.273. The molecule has 0 saturated carbocycles. The molecule has 0 saturated heterocycles. The van der Waals surface area contributed by atoms with Gasteiger partial charge in [0.1, 0.15) is 5.82 Å². The van der Waals surface area contributed by atoms with E-state index >= 15 is 0 Å². The van der Waals surface area contributed by atoms with Crippen molar-refractivity contribution in [2.24, 2.45) is 5.73 Å². The second kappa shape index (κ2) is 4.77. The van der Waals surface area contributed by atoms with E-state index in [0.29, 0.717) is 6.54 Å². The van der Waals surface area contributed by atoms with Crippen molar-refractivity contribution in [3.05, 3.63) is 41.9 Å². The number of allylic oxidation sites excluding steroid dienone is 1. The van der Waals surface area contributed by atoms with Crippen LogP contribution in [-0.2, 0) is 0 Å². The Morgan fingerprint density at radius 2 is 2.00 bits per heavy atom. The third-order valence-corrected chi connectivity index (χ3v) is 2.16. The second-order valence-corrected chi connectivity index (χ2v) is 3.12. The Morgan fingerprint density at radius 1 is 1.43 bits per heavy atom. The van der Waals surface area contributed by atoms with Crippen LogP contribution in [0.5, 0.6) is 0 Å². The minimum atomic E-state index is -0.220. The lowest BCUT2D eigenvalue weighted by Crippen LogP contribution is -2.15. The van der Waals surface area contributed by atoms with Crippen LogP contribution in [0.4, 0.5) is 10.1 Å². The van der Waals surface area contributed by atoms with Crippen LogP contribution in [0.2, 0.25) is 0 Å². The Balaban J connectivity index is 2.84. The highest BCUT2D eigenvalue weighted by Gasteiger charge is 2.01. The van der Waals surface area contributed by atoms with E-state index in [2.05, 4.69) is 0 Å². The summed E-state index contributed by atoms with van der Waals surface area (Å²) < 4.78 is 12.6. The molecule has 2 N–H and O–H groups in total. The van der Waals surface area contributed by atoms with Crippen LogP contribution in [0.25, 0.3) is 0 Å². The number of nitrogens with zero attached hydrogens (tertiary/aromatic N) is 1. The summed E-state index contributed by atoms with van der Waals surface area (Å²) in [5.41, 5.74) is 7.41. The van der Waals surface area contributed by atoms with Gasteiger partial charge >= 0.3 is 0 Å². The maximum Gasteiger partial charge on any atom is 0.123 e. The van der Waals surface area contributed by atoms with Gasteiger partial charge in [0, 0.05) is 25.0 Å². The van der Waals surface area contributed by atoms with Crippen LogP contribution < -0.4 is 10.6 Å². The Labute approximate surface area is 83.8 Å². The summed E-state index contributed by atoms with van der Waals surface area (Å²) in [6.07, 6.45) is 1.92. The largest absolute Gasteiger partial charge is 0.349 e. The third-order valence-electron chi connectivity index (χ3n) is 2.16. The number of rotatable bonds is 3. The summed E-state index contributed by atoms with van der Waals surface area (Å²) in [7, 11) is 1.93. The third kappa shape index (κ3) is 2.57. The quantitative estimate of drug-likeness (QED) is 0.798. The second-order valence-electron chi connectivity index (χ2n) is 3.12. The van der Waals surface area contributed by atoms with Crippen LogP contribution in [0.1, 0.15) is 6.92 Å². The Bertz CT molecular complexity index is 317. The molecule has 0 aliphatic carbocycles. The molecule has 2 nitrogen and oxygen atoms in total. The zero-order valence-corrected chi connectivity index (χ0v) is 8.50. The first kappa shape index (κ1) is 10.7. The van der Waals surface area contributed by atoms with Crippen LogP contribution in [-0.4, -0.2) is 13.6 Å². The molecule has 0 fully saturated rings. The highest BCUT2D eigenvalue weighted by molar-refractivity contribution is 5.50. The Kier molecular flexibility index (Phi) is 3.65. The van der Waals surface area contributed by atoms with Gasteiger partial charge in [-0.3, -0.25) is 0 Å². The molecule has 0 aliphatic heterocycles. The summed E-state index contributed by atoms with van der Waals surface area (Å²) in [5, 5.41) is 0. The summed E-state index contributed by atoms with van der Waals surface area (Å²) in [6, 6.07) is 6.37. The molecule has 0 atom stereocenters. The average Bonchev–Trinajstić information content (AvgIpc) is 2.18. The van der Waals surface area contributed by atoms with E-state index in [-0.39, 0.29) is 5.82 Å². The maximum absolute atomic E-state index is 12.6. The molecule has 1 rings (SSSR count). The van der Waals surface area contributed by atoms with E-state index in [4.69, 9.17) is 5.73 Å². The lowest BCUT2D eigenvalue weighted by Gasteiger charge is -2.19. The van der Waals surface area contributed by atoms with Gasteiger partial charge in [-0.25, -0.2) is 4.39 Å². The first-order valence-corrected chi connectivity index (χ1v) is 4.51. The Hall–Kier alpha value is -1.35. The minimum absolute atomic E-state index is 0.220. The topological polar surface area (TPSA) is 29.3 Å². The molecule has 0 amide bonds. The summed E-state index contributed by atoms with van der Waals surface area (Å²) in [5.74, 6) is -0.220. The number of anilines is 1. The highest BCUT2D eigenvalue weighted by atomic mass is 19.1. The monoisotopic (exact) mass is 194 g/mol. The molecule has 0 radical (unpaired) electrons. The standard InChI is InChI=1S/C11H15FN2/c1-9(7-8-13)14(2)11-5-3-10(12)4-6-11/h3-7H,8,13H2,1-2H3/b9-7-. The maximum atomic E-state index is 12.6. The van der Waals surface area contributed by atoms with Gasteiger partial charge in [-0.1, -0.05) is 6.08 Å². The molecule has 0 bridgehead atoms. The van der Waals surface area contributed by atoms with Crippen molar-refractivity contribution < 1.29 is 4.39 Å². The highest BCUT2D eigenvalue weighted by Crippen LogP contribution is 2.16. The lowest BCUT2D eigenvalue weighted by molar-refractivity contribution is 0.628. The van der Waals surface area contributed by atoms with Gasteiger partial charge in [0.15, 0.2) is 0 Å². The molecule has 0 spiro atoms. The van der Waals surface area contributed by atoms with E-state index in [1.807, 2.05) is 24.9 Å². The van der Waals surface area contributed by atoms with E-state index in [0.717, 1.165) is 11.4 Å². The number of halogens is 1. The summed E-state index contributed by atoms with van der Waals surface area (Å²) in [4.78, 5) is 1.96. The normalized spacial score (nSPS) is 11.6. The smallest absolute Gasteiger partial charge is 0.123 e. The van der Waals surface area contributed by atoms with Gasteiger partial charge in [-0.15, -0.1) is 0 Å². The van der Waals surface area contributed by atoms with E-state index < -0.39 is 0 Å². The summed E-state index contributed by atoms with van der Waals surface area (Å²) >= 11 is 0. The van der Waals surface area contributed by atoms with Gasteiger partial charge in [0.2, 0.25) is 0 Å². The van der Waals surface area contributed by atoms with Gasteiger partial charge in [-0.05, 0) is 31.2 Å². The van der Waals surface area contributed by atoms with Gasteiger partial charge < -0.3 is 10.6 Å². The predicted molar refractivity (Wildman–Crippen MR) is 57.6 cm³/mol. The number of benzene rings is 1. The zero-order chi connectivity index (χ0) is 10.6. The fourth-order valence-corrected chi connectivity index (χ4v) is 1.18. The number of hydrogen-bond acceptors (Lipinski definition) is 2. The molecule has 0 aliphatic rings. The van der Waals surface area contributed by atoms with E-state index in [1.165, 1.54) is 12.1 Å². The van der Waals surface area contributed by atoms with Gasteiger partial charge in [0.25, 0.3) is 0 Å². The van der Waals surface area contributed by atoms with Gasteiger partial charge in [0.05, 0.1) is 0 Å². The number of hydrogen-bond donors (Lipinski definition) is 1. The molecular weight excluding hydrogens is 179 g/mol. The van der Waals surface area contributed by atoms with Crippen molar-refractivity contribution in [2.75, 3.05) is 18.5 Å². The van der Waals surface area contributed by atoms with Crippen molar-refractivity contribution in [1.82, 2.24) is 0 Å². The Morgan fingerprint density at radius 3 is 2.50 bits per heavy atom. The van der Waals surface area contributed by atoms with Gasteiger partial charge in [-0.2, -0.15) is 0 Å². The van der Waals surface area contributed by atoms with Crippen LogP contribution in [0.15, 0.2) is 36.0 Å². The molecule has 14 heavy (non-hydrogen) atoms. The SMILES string of the molecule is C/C(=C/CN)N(C)c1ccc(F)cc1. The molecule has 76 valence electrons. The van der Waals surface area contributed by atoms with Crippen LogP contribution >= 0.6 is 0 Å². The van der Waals surface area contributed by atoms with Crippen LogP contribution in [0, 0.1) is 5.82 Å². The molecule has 0 unspecified atom stereocenters. The van der Waals surface area contributed by atoms with E-state index in [1.54, 1.807) is 12.1 Å². The molecule has 1 aromatic carbocycles. The zero-order valence-electron chi connectivity index (χ0n) is 8.50. The predicted octanol–water partition coefficient (Wildman–Crippen LogP) is 2.12. The lowest BCUT2D eigenvalue weighted by atomic mass is 10.2. The summed E-state index contributed by atoms with van der Waals surface area (Å²) in [6.45, 7) is 2.48.